The van der Waals surface area contributed by atoms with Gasteiger partial charge < -0.3 is 20.9 Å². The minimum absolute atomic E-state index is 0.00289. The van der Waals surface area contributed by atoms with Crippen molar-refractivity contribution in [3.63, 3.8) is 0 Å². The van der Waals surface area contributed by atoms with Crippen molar-refractivity contribution in [2.24, 2.45) is 5.92 Å². The first-order chi connectivity index (χ1) is 13.3. The third-order valence-electron chi connectivity index (χ3n) is 5.40. The van der Waals surface area contributed by atoms with Crippen molar-refractivity contribution in [2.75, 3.05) is 25.0 Å². The number of nitrogens with zero attached hydrogens (tertiary/aromatic N) is 2. The molecule has 8 heteroatoms. The monoisotopic (exact) mass is 417 g/mol. The van der Waals surface area contributed by atoms with Gasteiger partial charge in [-0.1, -0.05) is 0 Å². The Morgan fingerprint density at radius 1 is 1.29 bits per heavy atom. The van der Waals surface area contributed by atoms with Gasteiger partial charge >= 0.3 is 0 Å². The maximum Gasteiger partial charge on any atom is 0.263 e. The molecular weight excluding hydrogens is 390 g/mol. The molecule has 0 spiro atoms. The molecular formula is C20H27N5OS2. The van der Waals surface area contributed by atoms with E-state index in [0.29, 0.717) is 15.9 Å². The van der Waals surface area contributed by atoms with Gasteiger partial charge in [0.25, 0.3) is 5.91 Å². The van der Waals surface area contributed by atoms with Gasteiger partial charge in [-0.05, 0) is 94.6 Å². The lowest BCUT2D eigenvalue weighted by Gasteiger charge is -2.44. The molecule has 2 aromatic rings. The highest BCUT2D eigenvalue weighted by Gasteiger charge is 2.35. The second kappa shape index (κ2) is 7.57. The molecule has 3 N–H and O–H groups in total. The van der Waals surface area contributed by atoms with E-state index >= 15 is 0 Å². The van der Waals surface area contributed by atoms with Gasteiger partial charge in [-0.15, -0.1) is 0 Å². The highest BCUT2D eigenvalue weighted by Crippen LogP contribution is 2.29. The van der Waals surface area contributed by atoms with E-state index in [4.69, 9.17) is 12.2 Å². The summed E-state index contributed by atoms with van der Waals surface area (Å²) in [4.78, 5) is 16.0. The number of anilines is 1. The van der Waals surface area contributed by atoms with Gasteiger partial charge in [-0.3, -0.25) is 4.79 Å². The molecule has 2 bridgehead atoms. The largest absolute Gasteiger partial charge is 0.358 e. The van der Waals surface area contributed by atoms with Gasteiger partial charge in [-0.25, -0.2) is 0 Å². The maximum absolute atomic E-state index is 12.9. The summed E-state index contributed by atoms with van der Waals surface area (Å²) in [6, 6.07) is 6.09. The predicted molar refractivity (Wildman–Crippen MR) is 119 cm³/mol. The molecule has 0 unspecified atom stereocenters. The van der Waals surface area contributed by atoms with Crippen LogP contribution in [0.15, 0.2) is 18.2 Å². The maximum atomic E-state index is 12.9. The molecule has 3 fully saturated rings. The van der Waals surface area contributed by atoms with Crippen molar-refractivity contribution in [1.82, 2.24) is 19.9 Å². The Morgan fingerprint density at radius 2 is 2.04 bits per heavy atom. The van der Waals surface area contributed by atoms with E-state index in [2.05, 4.69) is 46.0 Å². The third kappa shape index (κ3) is 4.29. The van der Waals surface area contributed by atoms with Crippen LogP contribution in [0.2, 0.25) is 0 Å². The van der Waals surface area contributed by atoms with Crippen LogP contribution in [0.1, 0.15) is 43.3 Å². The number of aromatic nitrogens is 1. The number of benzene rings is 1. The van der Waals surface area contributed by atoms with E-state index in [1.54, 1.807) is 0 Å². The average Bonchev–Trinajstić information content (AvgIpc) is 3.04. The summed E-state index contributed by atoms with van der Waals surface area (Å²) in [5.41, 5.74) is 1.58. The van der Waals surface area contributed by atoms with E-state index in [-0.39, 0.29) is 17.5 Å². The summed E-state index contributed by atoms with van der Waals surface area (Å²) in [5, 5.41) is 11.1. The molecule has 6 nitrogen and oxygen atoms in total. The summed E-state index contributed by atoms with van der Waals surface area (Å²) in [5.74, 6) is 0.608. The number of carbonyl (C=O) groups excluding carboxylic acids is 1. The fraction of sp³-hybridized carbons (Fsp3) is 0.550. The molecule has 3 saturated heterocycles. The third-order valence-corrected chi connectivity index (χ3v) is 6.48. The van der Waals surface area contributed by atoms with E-state index in [0.717, 1.165) is 23.1 Å². The number of piperidine rings is 3. The minimum Gasteiger partial charge on any atom is -0.358 e. The van der Waals surface area contributed by atoms with Crippen LogP contribution in [0, 0.1) is 5.92 Å². The lowest BCUT2D eigenvalue weighted by atomic mass is 9.84. The molecule has 0 saturated carbocycles. The molecule has 150 valence electrons. The van der Waals surface area contributed by atoms with Crippen molar-refractivity contribution >= 4 is 51.4 Å². The van der Waals surface area contributed by atoms with Gasteiger partial charge in [0.15, 0.2) is 5.11 Å². The topological polar surface area (TPSA) is 69.3 Å². The molecule has 1 aromatic carbocycles. The fourth-order valence-electron chi connectivity index (χ4n) is 4.05. The van der Waals surface area contributed by atoms with Crippen LogP contribution in [-0.2, 0) is 0 Å². The van der Waals surface area contributed by atoms with Crippen molar-refractivity contribution < 1.29 is 4.79 Å². The quantitative estimate of drug-likeness (QED) is 0.667. The van der Waals surface area contributed by atoms with Crippen LogP contribution >= 0.6 is 23.8 Å². The van der Waals surface area contributed by atoms with Crippen LogP contribution in [0.4, 0.5) is 5.69 Å². The Kier molecular flexibility index (Phi) is 5.28. The molecule has 0 aliphatic carbocycles. The summed E-state index contributed by atoms with van der Waals surface area (Å²) < 4.78 is 4.49. The Labute approximate surface area is 175 Å². The van der Waals surface area contributed by atoms with Crippen molar-refractivity contribution in [2.45, 2.75) is 45.2 Å². The van der Waals surface area contributed by atoms with Gasteiger partial charge in [0, 0.05) is 29.2 Å². The molecule has 0 radical (unpaired) electrons. The summed E-state index contributed by atoms with van der Waals surface area (Å²) in [7, 11) is 0. The average molecular weight is 418 g/mol. The zero-order chi connectivity index (χ0) is 19.9. The molecule has 3 aliphatic heterocycles. The number of thiocarbonyl (C=S) groups is 1. The second-order valence-electron chi connectivity index (χ2n) is 8.79. The number of rotatable bonds is 3. The summed E-state index contributed by atoms with van der Waals surface area (Å²) in [6.07, 6.45) is 2.37. The van der Waals surface area contributed by atoms with Crippen LogP contribution in [0.25, 0.3) is 10.9 Å². The molecule has 4 heterocycles. The van der Waals surface area contributed by atoms with Gasteiger partial charge in [0.2, 0.25) is 0 Å². The molecule has 28 heavy (non-hydrogen) atoms. The molecule has 1 aromatic heterocycles. The van der Waals surface area contributed by atoms with Crippen LogP contribution in [-0.4, -0.2) is 51.5 Å². The number of hydrogen-bond acceptors (Lipinski definition) is 5. The van der Waals surface area contributed by atoms with Gasteiger partial charge in [-0.2, -0.15) is 4.37 Å². The summed E-state index contributed by atoms with van der Waals surface area (Å²) in [6.45, 7) is 9.49. The number of hydrogen-bond donors (Lipinski definition) is 3. The minimum atomic E-state index is -0.102. The smallest absolute Gasteiger partial charge is 0.263 e. The van der Waals surface area contributed by atoms with E-state index in [1.807, 2.05) is 18.2 Å². The zero-order valence-electron chi connectivity index (χ0n) is 16.5. The zero-order valence-corrected chi connectivity index (χ0v) is 18.2. The first kappa shape index (κ1) is 19.5. The highest BCUT2D eigenvalue weighted by atomic mass is 32.1. The van der Waals surface area contributed by atoms with Crippen LogP contribution in [0.5, 0.6) is 0 Å². The SMILES string of the molecule is CC(C)(C)NC(=S)Nc1ccc2c(C(=O)N[C@@H]3CN4CCC3CC4)snc2c1. The highest BCUT2D eigenvalue weighted by molar-refractivity contribution is 7.80. The first-order valence-electron chi connectivity index (χ1n) is 9.80. The lowest BCUT2D eigenvalue weighted by molar-refractivity contribution is 0.0623. The predicted octanol–water partition coefficient (Wildman–Crippen LogP) is 3.21. The van der Waals surface area contributed by atoms with Gasteiger partial charge in [0.05, 0.1) is 5.52 Å². The number of nitrogens with one attached hydrogen (secondary N) is 3. The summed E-state index contributed by atoms with van der Waals surface area (Å²) >= 11 is 6.63. The van der Waals surface area contributed by atoms with Crippen molar-refractivity contribution in [3.05, 3.63) is 23.1 Å². The van der Waals surface area contributed by atoms with Gasteiger partial charge in [0.1, 0.15) is 4.88 Å². The number of amides is 1. The molecule has 5 rings (SSSR count). The van der Waals surface area contributed by atoms with Crippen LogP contribution < -0.4 is 16.0 Å². The second-order valence-corrected chi connectivity index (χ2v) is 9.97. The van der Waals surface area contributed by atoms with Crippen LogP contribution in [0.3, 0.4) is 0 Å². The molecule has 3 aliphatic rings. The van der Waals surface area contributed by atoms with Crippen molar-refractivity contribution in [1.29, 1.82) is 0 Å². The Hall–Kier alpha value is -1.77. The van der Waals surface area contributed by atoms with Crippen molar-refractivity contribution in [3.8, 4) is 0 Å². The lowest BCUT2D eigenvalue weighted by Crippen LogP contribution is -2.57. The Bertz CT molecular complexity index is 896. The first-order valence-corrected chi connectivity index (χ1v) is 11.0. The molecule has 1 atom stereocenters. The number of fused-ring (bicyclic) bond motifs is 4. The Morgan fingerprint density at radius 3 is 2.68 bits per heavy atom. The fourth-order valence-corrected chi connectivity index (χ4v) is 5.23. The van der Waals surface area contributed by atoms with E-state index in [9.17, 15) is 4.79 Å². The standard InChI is InChI=1S/C20H27N5OS2/c1-20(2,3)23-19(27)21-13-4-5-14-15(10-13)24-28-17(14)18(26)22-16-11-25-8-6-12(16)7-9-25/h4-5,10,12,16H,6-9,11H2,1-3H3,(H,22,26)(H2,21,23,27)/t16-/m1/s1. The Balaban J connectivity index is 1.45. The normalized spacial score (nSPS) is 24.2. The van der Waals surface area contributed by atoms with E-state index < -0.39 is 0 Å². The van der Waals surface area contributed by atoms with E-state index in [1.165, 1.54) is 37.5 Å². The molecule has 1 amide bonds. The number of carbonyl (C=O) groups is 1.